The van der Waals surface area contributed by atoms with Crippen molar-refractivity contribution in [3.8, 4) is 0 Å². The molecule has 144 valence electrons. The number of nitrogens with zero attached hydrogens (tertiary/aromatic N) is 3. The summed E-state index contributed by atoms with van der Waals surface area (Å²) >= 11 is 0. The molecule has 25 heavy (non-hydrogen) atoms. The first-order chi connectivity index (χ1) is 12.3. The molecule has 6 nitrogen and oxygen atoms in total. The summed E-state index contributed by atoms with van der Waals surface area (Å²) in [7, 11) is 2.21. The minimum absolute atomic E-state index is 0.0803. The van der Waals surface area contributed by atoms with Crippen molar-refractivity contribution in [3.63, 3.8) is 0 Å². The molecule has 3 saturated heterocycles. The number of hydrogen-bond donors (Lipinski definition) is 1. The lowest BCUT2D eigenvalue weighted by molar-refractivity contribution is -0.116. The molecule has 3 aliphatic rings. The maximum Gasteiger partial charge on any atom is 0.139 e. The van der Waals surface area contributed by atoms with Gasteiger partial charge in [0.05, 0.1) is 19.3 Å². The second-order valence-electron chi connectivity index (χ2n) is 7.99. The molecule has 0 aromatic carbocycles. The molecule has 1 N–H and O–H groups in total. The van der Waals surface area contributed by atoms with Crippen molar-refractivity contribution in [1.29, 1.82) is 0 Å². The number of nitrogens with one attached hydrogen (secondary N) is 1. The highest BCUT2D eigenvalue weighted by Crippen LogP contribution is 2.18. The maximum atomic E-state index is 11.5. The standard InChI is InChI=1S/C19H36N4O2/c1-21-8-5-18(6-9-21)22-10-12-23(13-11-22)19(14-24)16-25-15-17-4-2-3-7-20-17/h14,17-20H,2-13,15-16H2,1H3. The van der Waals surface area contributed by atoms with Crippen LogP contribution in [0.4, 0.5) is 0 Å². The summed E-state index contributed by atoms with van der Waals surface area (Å²) in [5.41, 5.74) is 0. The fourth-order valence-corrected chi connectivity index (χ4v) is 4.42. The molecule has 3 rings (SSSR count). The average molecular weight is 353 g/mol. The number of ether oxygens (including phenoxy) is 1. The number of piperazine rings is 1. The smallest absolute Gasteiger partial charge is 0.139 e. The molecule has 6 heteroatoms. The summed E-state index contributed by atoms with van der Waals surface area (Å²) in [5, 5.41) is 3.50. The number of hydrogen-bond acceptors (Lipinski definition) is 6. The summed E-state index contributed by atoms with van der Waals surface area (Å²) in [6.07, 6.45) is 7.41. The van der Waals surface area contributed by atoms with Crippen LogP contribution in [-0.4, -0.2) is 105 Å². The van der Waals surface area contributed by atoms with Gasteiger partial charge in [0.1, 0.15) is 6.29 Å². The van der Waals surface area contributed by atoms with Gasteiger partial charge in [-0.1, -0.05) is 6.42 Å². The lowest BCUT2D eigenvalue weighted by Crippen LogP contribution is -2.56. The lowest BCUT2D eigenvalue weighted by Gasteiger charge is -2.43. The topological polar surface area (TPSA) is 48.0 Å². The molecule has 2 atom stereocenters. The van der Waals surface area contributed by atoms with Crippen molar-refractivity contribution in [2.75, 3.05) is 66.1 Å². The van der Waals surface area contributed by atoms with Crippen molar-refractivity contribution in [2.45, 2.75) is 50.2 Å². The van der Waals surface area contributed by atoms with E-state index >= 15 is 0 Å². The number of carbonyl (C=O) groups excluding carboxylic acids is 1. The quantitative estimate of drug-likeness (QED) is 0.671. The summed E-state index contributed by atoms with van der Waals surface area (Å²) in [6.45, 7) is 8.95. The van der Waals surface area contributed by atoms with E-state index in [1.807, 2.05) is 0 Å². The number of rotatable bonds is 7. The zero-order valence-corrected chi connectivity index (χ0v) is 15.9. The largest absolute Gasteiger partial charge is 0.378 e. The van der Waals surface area contributed by atoms with E-state index in [1.165, 1.54) is 45.2 Å². The van der Waals surface area contributed by atoms with E-state index in [2.05, 4.69) is 27.1 Å². The normalized spacial score (nSPS) is 29.6. The Hall–Kier alpha value is -0.530. The van der Waals surface area contributed by atoms with E-state index < -0.39 is 0 Å². The van der Waals surface area contributed by atoms with Gasteiger partial charge in [-0.2, -0.15) is 0 Å². The zero-order valence-electron chi connectivity index (χ0n) is 15.9. The van der Waals surface area contributed by atoms with Gasteiger partial charge < -0.3 is 19.7 Å². The number of carbonyl (C=O) groups is 1. The van der Waals surface area contributed by atoms with E-state index in [0.29, 0.717) is 12.6 Å². The third-order valence-corrected chi connectivity index (χ3v) is 6.20. The van der Waals surface area contributed by atoms with Crippen LogP contribution >= 0.6 is 0 Å². The van der Waals surface area contributed by atoms with Gasteiger partial charge >= 0.3 is 0 Å². The van der Waals surface area contributed by atoms with E-state index in [9.17, 15) is 4.79 Å². The highest BCUT2D eigenvalue weighted by atomic mass is 16.5. The fraction of sp³-hybridized carbons (Fsp3) is 0.947. The van der Waals surface area contributed by atoms with Gasteiger partial charge in [0.2, 0.25) is 0 Å². The van der Waals surface area contributed by atoms with Crippen LogP contribution in [0.1, 0.15) is 32.1 Å². The van der Waals surface area contributed by atoms with Crippen LogP contribution < -0.4 is 5.32 Å². The minimum Gasteiger partial charge on any atom is -0.378 e. The van der Waals surface area contributed by atoms with Crippen LogP contribution in [0, 0.1) is 0 Å². The first kappa shape index (κ1) is 19.2. The van der Waals surface area contributed by atoms with Crippen LogP contribution in [0.25, 0.3) is 0 Å². The van der Waals surface area contributed by atoms with Gasteiger partial charge in [0.15, 0.2) is 0 Å². The Kier molecular flexibility index (Phi) is 7.67. The van der Waals surface area contributed by atoms with Crippen LogP contribution in [0.2, 0.25) is 0 Å². The van der Waals surface area contributed by atoms with Gasteiger partial charge in [0.25, 0.3) is 0 Å². The maximum absolute atomic E-state index is 11.5. The molecule has 3 heterocycles. The molecule has 0 radical (unpaired) electrons. The monoisotopic (exact) mass is 352 g/mol. The summed E-state index contributed by atoms with van der Waals surface area (Å²) in [4.78, 5) is 18.9. The van der Waals surface area contributed by atoms with Gasteiger partial charge in [-0.3, -0.25) is 9.80 Å². The highest BCUT2D eigenvalue weighted by molar-refractivity contribution is 5.57. The molecule has 0 amide bonds. The van der Waals surface area contributed by atoms with E-state index in [0.717, 1.165) is 51.7 Å². The SMILES string of the molecule is CN1CCC(N2CCN(C(C=O)COCC3CCCCN3)CC2)CC1. The third-order valence-electron chi connectivity index (χ3n) is 6.20. The van der Waals surface area contributed by atoms with Crippen molar-refractivity contribution in [2.24, 2.45) is 0 Å². The van der Waals surface area contributed by atoms with Gasteiger partial charge in [0, 0.05) is 38.3 Å². The van der Waals surface area contributed by atoms with E-state index in [4.69, 9.17) is 4.74 Å². The predicted molar refractivity (Wildman–Crippen MR) is 100.0 cm³/mol. The molecule has 0 saturated carbocycles. The highest BCUT2D eigenvalue weighted by Gasteiger charge is 2.29. The first-order valence-electron chi connectivity index (χ1n) is 10.2. The van der Waals surface area contributed by atoms with Crippen LogP contribution in [0.3, 0.4) is 0 Å². The second kappa shape index (κ2) is 9.97. The molecule has 0 bridgehead atoms. The number of piperidine rings is 2. The van der Waals surface area contributed by atoms with E-state index in [-0.39, 0.29) is 6.04 Å². The van der Waals surface area contributed by atoms with Crippen molar-refractivity contribution >= 4 is 6.29 Å². The van der Waals surface area contributed by atoms with Crippen molar-refractivity contribution in [1.82, 2.24) is 20.0 Å². The van der Waals surface area contributed by atoms with E-state index in [1.54, 1.807) is 0 Å². The molecule has 0 aliphatic carbocycles. The molecule has 2 unspecified atom stereocenters. The number of aldehydes is 1. The molecule has 0 aromatic heterocycles. The van der Waals surface area contributed by atoms with Gasteiger partial charge in [-0.15, -0.1) is 0 Å². The Bertz CT molecular complexity index is 387. The minimum atomic E-state index is -0.0803. The predicted octanol–water partition coefficient (Wildman–Crippen LogP) is 0.424. The van der Waals surface area contributed by atoms with Gasteiger partial charge in [-0.05, 0) is 52.4 Å². The molecular formula is C19H36N4O2. The first-order valence-corrected chi connectivity index (χ1v) is 10.2. The van der Waals surface area contributed by atoms with Crippen molar-refractivity contribution in [3.05, 3.63) is 0 Å². The molecule has 0 aromatic rings. The van der Waals surface area contributed by atoms with Crippen LogP contribution in [0.15, 0.2) is 0 Å². The van der Waals surface area contributed by atoms with Gasteiger partial charge in [-0.25, -0.2) is 0 Å². The number of likely N-dealkylation sites (tertiary alicyclic amines) is 1. The summed E-state index contributed by atoms with van der Waals surface area (Å²) < 4.78 is 5.88. The zero-order chi connectivity index (χ0) is 17.5. The molecule has 3 aliphatic heterocycles. The average Bonchev–Trinajstić information content (AvgIpc) is 2.67. The Morgan fingerprint density at radius 2 is 1.84 bits per heavy atom. The summed E-state index contributed by atoms with van der Waals surface area (Å²) in [5.74, 6) is 0. The lowest BCUT2D eigenvalue weighted by atomic mass is 10.0. The Morgan fingerprint density at radius 3 is 2.48 bits per heavy atom. The van der Waals surface area contributed by atoms with Crippen LogP contribution in [-0.2, 0) is 9.53 Å². The van der Waals surface area contributed by atoms with Crippen LogP contribution in [0.5, 0.6) is 0 Å². The van der Waals surface area contributed by atoms with Crippen molar-refractivity contribution < 1.29 is 9.53 Å². The molecular weight excluding hydrogens is 316 g/mol. The summed E-state index contributed by atoms with van der Waals surface area (Å²) in [6, 6.07) is 1.13. The molecule has 0 spiro atoms. The Morgan fingerprint density at radius 1 is 1.08 bits per heavy atom. The Labute approximate surface area is 152 Å². The Balaban J connectivity index is 1.35. The second-order valence-corrected chi connectivity index (χ2v) is 7.99. The molecule has 3 fully saturated rings. The fourth-order valence-electron chi connectivity index (χ4n) is 4.42. The third kappa shape index (κ3) is 5.73.